The highest BCUT2D eigenvalue weighted by molar-refractivity contribution is 14.1. The van der Waals surface area contributed by atoms with Gasteiger partial charge in [0.25, 0.3) is 0 Å². The van der Waals surface area contributed by atoms with Crippen LogP contribution in [0.15, 0.2) is 83.5 Å². The van der Waals surface area contributed by atoms with Gasteiger partial charge in [0.1, 0.15) is 12.4 Å². The summed E-state index contributed by atoms with van der Waals surface area (Å²) in [6.07, 6.45) is 1.71. The molecule has 1 aliphatic rings. The van der Waals surface area contributed by atoms with Crippen LogP contribution in [0.1, 0.15) is 22.3 Å². The van der Waals surface area contributed by atoms with Crippen LogP contribution in [0.3, 0.4) is 0 Å². The van der Waals surface area contributed by atoms with E-state index in [-0.39, 0.29) is 5.70 Å². The van der Waals surface area contributed by atoms with Crippen LogP contribution in [0.25, 0.3) is 6.08 Å². The number of hydrogen-bond donors (Lipinski definition) is 0. The van der Waals surface area contributed by atoms with Crippen molar-refractivity contribution in [3.05, 3.63) is 104 Å². The Morgan fingerprint density at radius 2 is 1.83 bits per heavy atom. The molecule has 0 fully saturated rings. The van der Waals surface area contributed by atoms with E-state index in [1.165, 1.54) is 0 Å². The second-order valence-corrected chi connectivity index (χ2v) is 7.82. The molecule has 0 spiro atoms. The monoisotopic (exact) mass is 495 g/mol. The number of carbonyl (C=O) groups is 1. The molecular formula is C24H18INO3. The molecule has 0 amide bonds. The lowest BCUT2D eigenvalue weighted by Gasteiger charge is -2.08. The molecule has 4 nitrogen and oxygen atoms in total. The maximum absolute atomic E-state index is 12.2. The Morgan fingerprint density at radius 1 is 1.03 bits per heavy atom. The molecule has 0 N–H and O–H groups in total. The molecule has 0 saturated carbocycles. The van der Waals surface area contributed by atoms with E-state index in [2.05, 4.69) is 33.6 Å². The van der Waals surface area contributed by atoms with E-state index >= 15 is 0 Å². The van der Waals surface area contributed by atoms with Gasteiger partial charge in [-0.3, -0.25) is 0 Å². The predicted molar refractivity (Wildman–Crippen MR) is 122 cm³/mol. The number of nitrogens with zero attached hydrogens (tertiary/aromatic N) is 1. The number of rotatable bonds is 5. The molecule has 0 aromatic heterocycles. The van der Waals surface area contributed by atoms with Crippen molar-refractivity contribution < 1.29 is 14.3 Å². The normalized spacial score (nSPS) is 14.6. The van der Waals surface area contributed by atoms with Crippen LogP contribution in [-0.2, 0) is 16.1 Å². The molecule has 0 aliphatic carbocycles. The molecule has 0 unspecified atom stereocenters. The molecular weight excluding hydrogens is 477 g/mol. The number of ether oxygens (including phenoxy) is 2. The Bertz CT molecular complexity index is 1120. The Balaban J connectivity index is 1.52. The van der Waals surface area contributed by atoms with Crippen molar-refractivity contribution in [2.45, 2.75) is 13.5 Å². The maximum atomic E-state index is 12.2. The van der Waals surface area contributed by atoms with Crippen molar-refractivity contribution in [3.8, 4) is 5.75 Å². The fourth-order valence-corrected chi connectivity index (χ4v) is 3.40. The SMILES string of the molecule is Cc1ccc(C2=N/C(=C\c3cccc(OCc4ccccc4I)c3)C(=O)O2)cc1. The van der Waals surface area contributed by atoms with Crippen LogP contribution in [-0.4, -0.2) is 11.9 Å². The van der Waals surface area contributed by atoms with Gasteiger partial charge in [-0.05, 0) is 71.5 Å². The second kappa shape index (κ2) is 8.61. The standard InChI is InChI=1S/C24H18INO3/c1-16-9-11-18(12-10-16)23-26-22(24(27)29-23)14-17-5-4-7-20(13-17)28-15-19-6-2-3-8-21(19)25/h2-14H,15H2,1H3/b22-14-. The van der Waals surface area contributed by atoms with E-state index in [4.69, 9.17) is 9.47 Å². The van der Waals surface area contributed by atoms with E-state index in [9.17, 15) is 4.79 Å². The first kappa shape index (κ1) is 19.4. The molecule has 144 valence electrons. The Kier molecular flexibility index (Phi) is 5.76. The summed E-state index contributed by atoms with van der Waals surface area (Å²) in [6.45, 7) is 2.49. The van der Waals surface area contributed by atoms with E-state index < -0.39 is 5.97 Å². The summed E-state index contributed by atoms with van der Waals surface area (Å²) in [5, 5.41) is 0. The number of hydrogen-bond acceptors (Lipinski definition) is 4. The van der Waals surface area contributed by atoms with Crippen LogP contribution >= 0.6 is 22.6 Å². The molecule has 1 heterocycles. The van der Waals surface area contributed by atoms with Gasteiger partial charge >= 0.3 is 5.97 Å². The van der Waals surface area contributed by atoms with E-state index in [0.29, 0.717) is 12.5 Å². The first-order valence-electron chi connectivity index (χ1n) is 9.14. The fourth-order valence-electron chi connectivity index (χ4n) is 2.86. The summed E-state index contributed by atoms with van der Waals surface area (Å²) in [5.41, 5.74) is 4.14. The lowest BCUT2D eigenvalue weighted by Crippen LogP contribution is -2.05. The summed E-state index contributed by atoms with van der Waals surface area (Å²) in [7, 11) is 0. The minimum Gasteiger partial charge on any atom is -0.489 e. The summed E-state index contributed by atoms with van der Waals surface area (Å²) in [5.74, 6) is 0.603. The molecule has 1 aliphatic heterocycles. The first-order valence-corrected chi connectivity index (χ1v) is 10.2. The Labute approximate surface area is 183 Å². The molecule has 0 saturated heterocycles. The van der Waals surface area contributed by atoms with Crippen molar-refractivity contribution in [3.63, 3.8) is 0 Å². The molecule has 0 atom stereocenters. The van der Waals surface area contributed by atoms with Gasteiger partial charge in [-0.2, -0.15) is 0 Å². The number of esters is 1. The Morgan fingerprint density at radius 3 is 2.62 bits per heavy atom. The molecule has 29 heavy (non-hydrogen) atoms. The van der Waals surface area contributed by atoms with Gasteiger partial charge in [-0.15, -0.1) is 0 Å². The third kappa shape index (κ3) is 4.74. The number of aryl methyl sites for hydroxylation is 1. The van der Waals surface area contributed by atoms with Gasteiger partial charge in [0.05, 0.1) is 0 Å². The zero-order valence-corrected chi connectivity index (χ0v) is 17.9. The van der Waals surface area contributed by atoms with Crippen molar-refractivity contribution in [2.24, 2.45) is 4.99 Å². The zero-order valence-electron chi connectivity index (χ0n) is 15.8. The van der Waals surface area contributed by atoms with Crippen molar-refractivity contribution in [2.75, 3.05) is 0 Å². The average Bonchev–Trinajstić information content (AvgIpc) is 3.08. The summed E-state index contributed by atoms with van der Waals surface area (Å²) in [6, 6.07) is 23.4. The molecule has 0 bridgehead atoms. The average molecular weight is 495 g/mol. The van der Waals surface area contributed by atoms with E-state index in [0.717, 1.165) is 31.6 Å². The van der Waals surface area contributed by atoms with Gasteiger partial charge in [0.2, 0.25) is 5.90 Å². The first-order chi connectivity index (χ1) is 14.1. The lowest BCUT2D eigenvalue weighted by molar-refractivity contribution is -0.129. The molecule has 0 radical (unpaired) electrons. The molecule has 3 aromatic carbocycles. The number of benzene rings is 3. The summed E-state index contributed by atoms with van der Waals surface area (Å²) >= 11 is 2.30. The van der Waals surface area contributed by atoms with Crippen LogP contribution in [0, 0.1) is 10.5 Å². The van der Waals surface area contributed by atoms with Crippen molar-refractivity contribution in [1.82, 2.24) is 0 Å². The highest BCUT2D eigenvalue weighted by Crippen LogP contribution is 2.22. The minimum absolute atomic E-state index is 0.273. The van der Waals surface area contributed by atoms with Crippen molar-refractivity contribution in [1.29, 1.82) is 0 Å². The Hall–Kier alpha value is -2.93. The predicted octanol–water partition coefficient (Wildman–Crippen LogP) is 5.52. The van der Waals surface area contributed by atoms with Crippen LogP contribution in [0.2, 0.25) is 0 Å². The number of carbonyl (C=O) groups excluding carboxylic acids is 1. The zero-order chi connectivity index (χ0) is 20.2. The van der Waals surface area contributed by atoms with E-state index in [1.54, 1.807) is 6.08 Å². The third-order valence-corrected chi connectivity index (χ3v) is 5.49. The lowest BCUT2D eigenvalue weighted by atomic mass is 10.1. The molecule has 3 aromatic rings. The largest absolute Gasteiger partial charge is 0.489 e. The maximum Gasteiger partial charge on any atom is 0.363 e. The minimum atomic E-state index is -0.453. The number of halogens is 1. The van der Waals surface area contributed by atoms with Gasteiger partial charge in [0, 0.05) is 14.7 Å². The smallest absolute Gasteiger partial charge is 0.363 e. The van der Waals surface area contributed by atoms with Crippen LogP contribution < -0.4 is 4.74 Å². The summed E-state index contributed by atoms with van der Waals surface area (Å²) in [4.78, 5) is 16.6. The van der Waals surface area contributed by atoms with Crippen LogP contribution in [0.5, 0.6) is 5.75 Å². The highest BCUT2D eigenvalue weighted by atomic mass is 127. The quantitative estimate of drug-likeness (QED) is 0.266. The fraction of sp³-hybridized carbons (Fsp3) is 0.0833. The second-order valence-electron chi connectivity index (χ2n) is 6.65. The van der Waals surface area contributed by atoms with Gasteiger partial charge in [0.15, 0.2) is 5.70 Å². The van der Waals surface area contributed by atoms with Crippen LogP contribution in [0.4, 0.5) is 0 Å². The topological polar surface area (TPSA) is 47.9 Å². The van der Waals surface area contributed by atoms with E-state index in [1.807, 2.05) is 73.7 Å². The summed E-state index contributed by atoms with van der Waals surface area (Å²) < 4.78 is 12.4. The van der Waals surface area contributed by atoms with Crippen molar-refractivity contribution >= 4 is 40.5 Å². The van der Waals surface area contributed by atoms with Gasteiger partial charge < -0.3 is 9.47 Å². The molecule has 4 rings (SSSR count). The number of cyclic esters (lactones) is 1. The number of aliphatic imine (C=N–C) groups is 1. The third-order valence-electron chi connectivity index (χ3n) is 4.43. The van der Waals surface area contributed by atoms with Gasteiger partial charge in [-0.1, -0.05) is 48.0 Å². The van der Waals surface area contributed by atoms with Gasteiger partial charge in [-0.25, -0.2) is 9.79 Å². The highest BCUT2D eigenvalue weighted by Gasteiger charge is 2.24. The molecule has 5 heteroatoms.